The van der Waals surface area contributed by atoms with Crippen molar-refractivity contribution in [3.05, 3.63) is 70.2 Å². The van der Waals surface area contributed by atoms with Gasteiger partial charge in [0.15, 0.2) is 0 Å². The van der Waals surface area contributed by atoms with Crippen molar-refractivity contribution in [2.45, 2.75) is 32.4 Å². The summed E-state index contributed by atoms with van der Waals surface area (Å²) in [6.45, 7) is 2.06. The molecule has 2 aromatic carbocycles. The van der Waals surface area contributed by atoms with E-state index >= 15 is 0 Å². The lowest BCUT2D eigenvalue weighted by Gasteiger charge is -2.14. The van der Waals surface area contributed by atoms with Crippen LogP contribution in [0, 0.1) is 0 Å². The highest BCUT2D eigenvalue weighted by molar-refractivity contribution is 6.31. The Morgan fingerprint density at radius 1 is 1.12 bits per heavy atom. The van der Waals surface area contributed by atoms with Crippen LogP contribution < -0.4 is 0 Å². The molecule has 0 spiro atoms. The quantitative estimate of drug-likeness (QED) is 0.327. The summed E-state index contributed by atoms with van der Waals surface area (Å²) in [7, 11) is 0. The number of benzene rings is 2. The van der Waals surface area contributed by atoms with Gasteiger partial charge in [0.25, 0.3) is 0 Å². The Hall–Kier alpha value is -2.01. The number of rotatable bonds is 7. The third kappa shape index (κ3) is 5.78. The summed E-state index contributed by atoms with van der Waals surface area (Å²) in [4.78, 5) is 5.25. The van der Waals surface area contributed by atoms with Crippen molar-refractivity contribution >= 4 is 17.3 Å². The molecule has 0 N–H and O–H groups in total. The van der Waals surface area contributed by atoms with Crippen LogP contribution in [-0.2, 0) is 17.4 Å². The van der Waals surface area contributed by atoms with Crippen molar-refractivity contribution in [2.24, 2.45) is 5.16 Å². The minimum Gasteiger partial charge on any atom is -0.396 e. The minimum atomic E-state index is -4.47. The summed E-state index contributed by atoms with van der Waals surface area (Å²) in [6, 6.07) is 13.4. The van der Waals surface area contributed by atoms with Crippen LogP contribution in [0.15, 0.2) is 53.7 Å². The molecule has 2 aromatic rings. The monoisotopic (exact) mass is 369 g/mol. The Morgan fingerprint density at radius 3 is 2.48 bits per heavy atom. The van der Waals surface area contributed by atoms with Gasteiger partial charge in [0.2, 0.25) is 0 Å². The molecule has 134 valence electrons. The molecular weight excluding hydrogens is 351 g/mol. The maximum absolute atomic E-state index is 13.2. The average Bonchev–Trinajstić information content (AvgIpc) is 2.58. The number of aryl methyl sites for hydroxylation is 1. The fraction of sp³-hybridized carbons (Fsp3) is 0.316. The summed E-state index contributed by atoms with van der Waals surface area (Å²) in [6.07, 6.45) is -2.61. The normalized spacial score (nSPS) is 12.3. The van der Waals surface area contributed by atoms with Crippen LogP contribution in [0.1, 0.15) is 36.5 Å². The van der Waals surface area contributed by atoms with Crippen molar-refractivity contribution in [3.63, 3.8) is 0 Å². The lowest BCUT2D eigenvalue weighted by molar-refractivity contribution is -0.137. The minimum absolute atomic E-state index is 0.0365. The summed E-state index contributed by atoms with van der Waals surface area (Å²) < 4.78 is 39.5. The van der Waals surface area contributed by atoms with Gasteiger partial charge < -0.3 is 4.84 Å². The van der Waals surface area contributed by atoms with E-state index in [9.17, 15) is 13.2 Å². The van der Waals surface area contributed by atoms with Crippen LogP contribution in [0.25, 0.3) is 0 Å². The highest BCUT2D eigenvalue weighted by atomic mass is 35.5. The molecule has 0 fully saturated rings. The topological polar surface area (TPSA) is 21.6 Å². The first-order valence-corrected chi connectivity index (χ1v) is 8.39. The molecule has 2 nitrogen and oxygen atoms in total. The molecule has 6 heteroatoms. The second-order valence-electron chi connectivity index (χ2n) is 5.50. The molecule has 25 heavy (non-hydrogen) atoms. The van der Waals surface area contributed by atoms with Gasteiger partial charge in [-0.3, -0.25) is 0 Å². The number of nitrogens with zero attached hydrogens (tertiary/aromatic N) is 1. The Balaban J connectivity index is 2.04. The third-order valence-corrected chi connectivity index (χ3v) is 3.89. The molecule has 0 amide bonds. The standard InChI is InChI=1S/C19H19ClF3NO/c1-2-18(16-13-15(20)10-11-17(16)19(21,22)23)24-25-12-6-9-14-7-4-3-5-8-14/h3-5,7-8,10-11,13H,2,6,9,12H2,1H3. The van der Waals surface area contributed by atoms with Crippen molar-refractivity contribution in [1.82, 2.24) is 0 Å². The van der Waals surface area contributed by atoms with E-state index in [2.05, 4.69) is 5.16 Å². The van der Waals surface area contributed by atoms with Gasteiger partial charge in [0, 0.05) is 10.6 Å². The van der Waals surface area contributed by atoms with Crippen LogP contribution in [-0.4, -0.2) is 12.3 Å². The number of oxime groups is 1. The second kappa shape index (κ2) is 8.90. The molecule has 0 unspecified atom stereocenters. The predicted octanol–water partition coefficient (Wildman–Crippen LogP) is 6.12. The van der Waals surface area contributed by atoms with Gasteiger partial charge in [0.1, 0.15) is 6.61 Å². The molecule has 0 aliphatic carbocycles. The van der Waals surface area contributed by atoms with Gasteiger partial charge >= 0.3 is 6.18 Å². The van der Waals surface area contributed by atoms with Crippen molar-refractivity contribution in [1.29, 1.82) is 0 Å². The fourth-order valence-electron chi connectivity index (χ4n) is 2.42. The maximum Gasteiger partial charge on any atom is 0.417 e. The summed E-state index contributed by atoms with van der Waals surface area (Å²) in [5.41, 5.74) is 0.616. The highest BCUT2D eigenvalue weighted by Crippen LogP contribution is 2.34. The highest BCUT2D eigenvalue weighted by Gasteiger charge is 2.34. The number of alkyl halides is 3. The Bertz CT molecular complexity index is 714. The zero-order chi connectivity index (χ0) is 18.3. The Morgan fingerprint density at radius 2 is 1.84 bits per heavy atom. The molecule has 2 rings (SSSR count). The maximum atomic E-state index is 13.2. The summed E-state index contributed by atoms with van der Waals surface area (Å²) in [5.74, 6) is 0. The average molecular weight is 370 g/mol. The fourth-order valence-corrected chi connectivity index (χ4v) is 2.59. The van der Waals surface area contributed by atoms with E-state index in [4.69, 9.17) is 16.4 Å². The molecule has 0 aliphatic rings. The van der Waals surface area contributed by atoms with Crippen LogP contribution in [0.5, 0.6) is 0 Å². The lowest BCUT2D eigenvalue weighted by Crippen LogP contribution is -2.13. The number of hydrogen-bond acceptors (Lipinski definition) is 2. The van der Waals surface area contributed by atoms with E-state index < -0.39 is 11.7 Å². The van der Waals surface area contributed by atoms with E-state index in [0.717, 1.165) is 18.9 Å². The van der Waals surface area contributed by atoms with E-state index in [1.807, 2.05) is 30.3 Å². The van der Waals surface area contributed by atoms with Gasteiger partial charge in [-0.2, -0.15) is 13.2 Å². The van der Waals surface area contributed by atoms with E-state index in [0.29, 0.717) is 13.0 Å². The van der Waals surface area contributed by atoms with E-state index in [1.54, 1.807) is 6.92 Å². The van der Waals surface area contributed by atoms with Crippen molar-refractivity contribution < 1.29 is 18.0 Å². The molecule has 0 heterocycles. The van der Waals surface area contributed by atoms with Gasteiger partial charge in [0.05, 0.1) is 11.3 Å². The van der Waals surface area contributed by atoms with Crippen LogP contribution >= 0.6 is 11.6 Å². The largest absolute Gasteiger partial charge is 0.417 e. The second-order valence-corrected chi connectivity index (χ2v) is 5.94. The smallest absolute Gasteiger partial charge is 0.396 e. The molecule has 0 radical (unpaired) electrons. The molecule has 0 saturated heterocycles. The molecule has 0 saturated carbocycles. The first kappa shape index (κ1) is 19.3. The van der Waals surface area contributed by atoms with Crippen LogP contribution in [0.4, 0.5) is 13.2 Å². The van der Waals surface area contributed by atoms with Gasteiger partial charge in [-0.15, -0.1) is 0 Å². The van der Waals surface area contributed by atoms with Crippen molar-refractivity contribution in [2.75, 3.05) is 6.61 Å². The van der Waals surface area contributed by atoms with Crippen molar-refractivity contribution in [3.8, 4) is 0 Å². The summed E-state index contributed by atoms with van der Waals surface area (Å²) >= 11 is 5.86. The van der Waals surface area contributed by atoms with Gasteiger partial charge in [-0.05, 0) is 43.0 Å². The molecule has 0 bridgehead atoms. The number of hydrogen-bond donors (Lipinski definition) is 0. The van der Waals surface area contributed by atoms with Gasteiger partial charge in [-0.1, -0.05) is 54.0 Å². The Kier molecular flexibility index (Phi) is 6.88. The van der Waals surface area contributed by atoms with Gasteiger partial charge in [-0.25, -0.2) is 0 Å². The van der Waals surface area contributed by atoms with Crippen LogP contribution in [0.2, 0.25) is 5.02 Å². The zero-order valence-electron chi connectivity index (χ0n) is 13.8. The molecule has 0 atom stereocenters. The number of halogens is 4. The Labute approximate surface area is 150 Å². The van der Waals surface area contributed by atoms with E-state index in [-0.39, 0.29) is 16.3 Å². The van der Waals surface area contributed by atoms with E-state index in [1.165, 1.54) is 17.7 Å². The molecule has 0 aromatic heterocycles. The van der Waals surface area contributed by atoms with Crippen LogP contribution in [0.3, 0.4) is 0 Å². The SMILES string of the molecule is CCC(=NOCCCc1ccccc1)c1cc(Cl)ccc1C(F)(F)F. The molecular formula is C19H19ClF3NO. The first-order valence-electron chi connectivity index (χ1n) is 8.01. The summed E-state index contributed by atoms with van der Waals surface area (Å²) in [5, 5.41) is 4.15. The third-order valence-electron chi connectivity index (χ3n) is 3.65. The zero-order valence-corrected chi connectivity index (χ0v) is 14.6. The first-order chi connectivity index (χ1) is 11.9. The lowest BCUT2D eigenvalue weighted by atomic mass is 10.0. The molecule has 0 aliphatic heterocycles. The predicted molar refractivity (Wildman–Crippen MR) is 94.0 cm³/mol.